The van der Waals surface area contributed by atoms with Crippen molar-refractivity contribution in [1.29, 1.82) is 0 Å². The number of likely N-dealkylation sites (tertiary alicyclic amines) is 1. The molecular weight excluding hydrogens is 320 g/mol. The Morgan fingerprint density at radius 3 is 2.70 bits per heavy atom. The minimum atomic E-state index is -3.35. The zero-order chi connectivity index (χ0) is 16.8. The predicted octanol–water partition coefficient (Wildman–Crippen LogP) is -0.319. The van der Waals surface area contributed by atoms with Crippen LogP contribution in [0.2, 0.25) is 0 Å². The SMILES string of the molecule is CCn1cc(CN2C[C@@H]3CN(S(C)(=O)=O)C[C@]3(C(=O)O)C2)cn1. The van der Waals surface area contributed by atoms with Gasteiger partial charge >= 0.3 is 5.97 Å². The number of hydrogen-bond acceptors (Lipinski definition) is 5. The number of rotatable bonds is 5. The lowest BCUT2D eigenvalue weighted by atomic mass is 9.81. The second-order valence-electron chi connectivity index (χ2n) is 6.59. The Labute approximate surface area is 135 Å². The van der Waals surface area contributed by atoms with Crippen LogP contribution in [-0.2, 0) is 27.9 Å². The summed E-state index contributed by atoms with van der Waals surface area (Å²) in [5, 5.41) is 14.0. The van der Waals surface area contributed by atoms with Crippen LogP contribution >= 0.6 is 0 Å². The predicted molar refractivity (Wildman–Crippen MR) is 83.2 cm³/mol. The van der Waals surface area contributed by atoms with E-state index in [1.165, 1.54) is 4.31 Å². The van der Waals surface area contributed by atoms with Crippen molar-refractivity contribution in [2.75, 3.05) is 32.4 Å². The number of carboxylic acids is 1. The summed E-state index contributed by atoms with van der Waals surface area (Å²) in [6.45, 7) is 4.77. The molecule has 0 unspecified atom stereocenters. The summed E-state index contributed by atoms with van der Waals surface area (Å²) in [4.78, 5) is 14.0. The fourth-order valence-corrected chi connectivity index (χ4v) is 4.63. The number of carboxylic acid groups (broad SMARTS) is 1. The maximum atomic E-state index is 11.9. The summed E-state index contributed by atoms with van der Waals surface area (Å²) in [6.07, 6.45) is 4.90. The summed E-state index contributed by atoms with van der Waals surface area (Å²) in [5.41, 5.74) is 0.0523. The third kappa shape index (κ3) is 2.88. The van der Waals surface area contributed by atoms with Crippen LogP contribution in [-0.4, -0.2) is 70.9 Å². The van der Waals surface area contributed by atoms with E-state index in [9.17, 15) is 18.3 Å². The van der Waals surface area contributed by atoms with Crippen LogP contribution in [0.25, 0.3) is 0 Å². The van der Waals surface area contributed by atoms with Gasteiger partial charge in [0, 0.05) is 56.9 Å². The van der Waals surface area contributed by atoms with E-state index < -0.39 is 21.4 Å². The van der Waals surface area contributed by atoms with Crippen LogP contribution in [0.3, 0.4) is 0 Å². The molecule has 0 bridgehead atoms. The minimum Gasteiger partial charge on any atom is -0.481 e. The topological polar surface area (TPSA) is 95.7 Å². The molecule has 9 heteroatoms. The van der Waals surface area contributed by atoms with E-state index in [0.29, 0.717) is 19.6 Å². The van der Waals surface area contributed by atoms with Gasteiger partial charge in [-0.1, -0.05) is 0 Å². The summed E-state index contributed by atoms with van der Waals surface area (Å²) < 4.78 is 26.6. The molecule has 2 saturated heterocycles. The maximum absolute atomic E-state index is 11.9. The quantitative estimate of drug-likeness (QED) is 0.788. The number of sulfonamides is 1. The zero-order valence-electron chi connectivity index (χ0n) is 13.3. The van der Waals surface area contributed by atoms with Crippen molar-refractivity contribution in [3.05, 3.63) is 18.0 Å². The number of nitrogens with zero attached hydrogens (tertiary/aromatic N) is 4. The summed E-state index contributed by atoms with van der Waals surface area (Å²) in [6, 6.07) is 0. The Hall–Kier alpha value is -1.45. The molecule has 0 aliphatic carbocycles. The van der Waals surface area contributed by atoms with Gasteiger partial charge in [0.1, 0.15) is 0 Å². The number of aliphatic carboxylic acids is 1. The highest BCUT2D eigenvalue weighted by Gasteiger charge is 2.59. The Morgan fingerprint density at radius 2 is 2.17 bits per heavy atom. The Kier molecular flexibility index (Phi) is 3.97. The highest BCUT2D eigenvalue weighted by atomic mass is 32.2. The first-order chi connectivity index (χ1) is 10.7. The van der Waals surface area contributed by atoms with Crippen LogP contribution < -0.4 is 0 Å². The van der Waals surface area contributed by atoms with Crippen LogP contribution in [0.1, 0.15) is 12.5 Å². The van der Waals surface area contributed by atoms with Gasteiger partial charge in [-0.2, -0.15) is 5.10 Å². The van der Waals surface area contributed by atoms with Gasteiger partial charge in [-0.25, -0.2) is 12.7 Å². The fourth-order valence-electron chi connectivity index (χ4n) is 3.72. The molecule has 0 saturated carbocycles. The second-order valence-corrected chi connectivity index (χ2v) is 8.57. The zero-order valence-corrected chi connectivity index (χ0v) is 14.2. The molecule has 128 valence electrons. The standard InChI is InChI=1S/C14H22N4O4S/c1-3-17-6-11(4-15-17)5-16-7-12-8-18(23(2,21)22)10-14(12,9-16)13(19)20/h4,6,12H,3,5,7-10H2,1-2H3,(H,19,20)/t12-,14-/m1/s1. The lowest BCUT2D eigenvalue weighted by Gasteiger charge is -2.24. The first-order valence-electron chi connectivity index (χ1n) is 7.67. The van der Waals surface area contributed by atoms with Crippen molar-refractivity contribution in [2.45, 2.75) is 20.0 Å². The van der Waals surface area contributed by atoms with Crippen molar-refractivity contribution in [1.82, 2.24) is 19.0 Å². The lowest BCUT2D eigenvalue weighted by molar-refractivity contribution is -0.148. The molecule has 2 aliphatic rings. The van der Waals surface area contributed by atoms with Crippen molar-refractivity contribution < 1.29 is 18.3 Å². The van der Waals surface area contributed by atoms with E-state index in [1.807, 2.05) is 17.8 Å². The molecule has 1 aromatic rings. The van der Waals surface area contributed by atoms with E-state index in [2.05, 4.69) is 10.00 Å². The maximum Gasteiger partial charge on any atom is 0.312 e. The molecule has 0 radical (unpaired) electrons. The molecule has 0 spiro atoms. The van der Waals surface area contributed by atoms with Gasteiger partial charge in [-0.05, 0) is 6.92 Å². The molecule has 1 N–H and O–H groups in total. The molecule has 0 amide bonds. The van der Waals surface area contributed by atoms with Gasteiger partial charge < -0.3 is 5.11 Å². The average molecular weight is 342 g/mol. The normalized spacial score (nSPS) is 29.0. The van der Waals surface area contributed by atoms with Crippen molar-refractivity contribution >= 4 is 16.0 Å². The highest BCUT2D eigenvalue weighted by Crippen LogP contribution is 2.43. The smallest absolute Gasteiger partial charge is 0.312 e. The van der Waals surface area contributed by atoms with Crippen LogP contribution in [0.4, 0.5) is 0 Å². The molecule has 23 heavy (non-hydrogen) atoms. The first kappa shape index (κ1) is 16.4. The molecule has 2 aliphatic heterocycles. The number of hydrogen-bond donors (Lipinski definition) is 1. The van der Waals surface area contributed by atoms with Gasteiger partial charge in [0.2, 0.25) is 10.0 Å². The molecule has 8 nitrogen and oxygen atoms in total. The van der Waals surface area contributed by atoms with E-state index in [4.69, 9.17) is 0 Å². The van der Waals surface area contributed by atoms with Crippen molar-refractivity contribution in [3.8, 4) is 0 Å². The molecule has 3 heterocycles. The second kappa shape index (κ2) is 5.57. The van der Waals surface area contributed by atoms with E-state index in [0.717, 1.165) is 18.4 Å². The Bertz CT molecular complexity index is 716. The molecule has 1 aromatic heterocycles. The molecule has 2 atom stereocenters. The molecule has 3 rings (SSSR count). The summed E-state index contributed by atoms with van der Waals surface area (Å²) in [7, 11) is -3.35. The largest absolute Gasteiger partial charge is 0.481 e. The van der Waals surface area contributed by atoms with Gasteiger partial charge in [0.25, 0.3) is 0 Å². The molecule has 2 fully saturated rings. The summed E-state index contributed by atoms with van der Waals surface area (Å²) >= 11 is 0. The first-order valence-corrected chi connectivity index (χ1v) is 9.51. The van der Waals surface area contributed by atoms with E-state index in [1.54, 1.807) is 6.20 Å². The van der Waals surface area contributed by atoms with E-state index in [-0.39, 0.29) is 19.0 Å². The van der Waals surface area contributed by atoms with Crippen LogP contribution in [0.5, 0.6) is 0 Å². The van der Waals surface area contributed by atoms with Gasteiger partial charge in [-0.3, -0.25) is 14.4 Å². The highest BCUT2D eigenvalue weighted by molar-refractivity contribution is 7.88. The minimum absolute atomic E-state index is 0.0660. The van der Waals surface area contributed by atoms with Crippen molar-refractivity contribution in [3.63, 3.8) is 0 Å². The van der Waals surface area contributed by atoms with Crippen LogP contribution in [0, 0.1) is 11.3 Å². The molecule has 0 aromatic carbocycles. The number of aromatic nitrogens is 2. The molecular formula is C14H22N4O4S. The number of aryl methyl sites for hydroxylation is 1. The van der Waals surface area contributed by atoms with E-state index >= 15 is 0 Å². The number of carbonyl (C=O) groups is 1. The van der Waals surface area contributed by atoms with Gasteiger partial charge in [-0.15, -0.1) is 0 Å². The third-order valence-electron chi connectivity index (χ3n) is 4.96. The fraction of sp³-hybridized carbons (Fsp3) is 0.714. The van der Waals surface area contributed by atoms with Crippen LogP contribution in [0.15, 0.2) is 12.4 Å². The average Bonchev–Trinajstić information content (AvgIpc) is 3.10. The van der Waals surface area contributed by atoms with Crippen molar-refractivity contribution in [2.24, 2.45) is 11.3 Å². The summed E-state index contributed by atoms with van der Waals surface area (Å²) in [5.74, 6) is -1.07. The Balaban J connectivity index is 1.75. The van der Waals surface area contributed by atoms with Gasteiger partial charge in [0.15, 0.2) is 0 Å². The Morgan fingerprint density at radius 1 is 1.43 bits per heavy atom. The monoisotopic (exact) mass is 342 g/mol. The number of fused-ring (bicyclic) bond motifs is 1. The lowest BCUT2D eigenvalue weighted by Crippen LogP contribution is -2.41. The third-order valence-corrected chi connectivity index (χ3v) is 6.18. The van der Waals surface area contributed by atoms with Gasteiger partial charge in [0.05, 0.1) is 17.9 Å².